The molecule has 16 heavy (non-hydrogen) atoms. The fraction of sp³-hybridized carbons (Fsp3) is 0.833. The van der Waals surface area contributed by atoms with Gasteiger partial charge in [0.25, 0.3) is 0 Å². The predicted molar refractivity (Wildman–Crippen MR) is 61.1 cm³/mol. The van der Waals surface area contributed by atoms with Gasteiger partial charge in [-0.15, -0.1) is 0 Å². The van der Waals surface area contributed by atoms with Crippen molar-refractivity contribution in [2.24, 2.45) is 5.41 Å². The Labute approximate surface area is 96.4 Å². The normalized spacial score (nSPS) is 16.8. The van der Waals surface area contributed by atoms with Crippen LogP contribution in [0.5, 0.6) is 0 Å². The molecule has 4 nitrogen and oxygen atoms in total. The molecule has 1 amide bonds. The van der Waals surface area contributed by atoms with E-state index in [-0.39, 0.29) is 17.7 Å². The topological polar surface area (TPSA) is 66.4 Å². The molecule has 0 aromatic heterocycles. The summed E-state index contributed by atoms with van der Waals surface area (Å²) in [4.78, 5) is 21.9. The van der Waals surface area contributed by atoms with Gasteiger partial charge in [0.2, 0.25) is 5.91 Å². The Morgan fingerprint density at radius 1 is 1.25 bits per heavy atom. The van der Waals surface area contributed by atoms with Crippen LogP contribution in [0.1, 0.15) is 51.9 Å². The van der Waals surface area contributed by atoms with Crippen LogP contribution in [0.2, 0.25) is 0 Å². The van der Waals surface area contributed by atoms with Crippen LogP contribution in [0.25, 0.3) is 0 Å². The van der Waals surface area contributed by atoms with Crippen LogP contribution in [0.4, 0.5) is 0 Å². The molecule has 0 spiro atoms. The minimum atomic E-state index is -0.744. The molecule has 0 unspecified atom stereocenters. The number of nitrogens with one attached hydrogen (secondary N) is 1. The van der Waals surface area contributed by atoms with E-state index in [0.29, 0.717) is 13.0 Å². The summed E-state index contributed by atoms with van der Waals surface area (Å²) in [6.07, 6.45) is 5.64. The number of carboxylic acids is 1. The van der Waals surface area contributed by atoms with E-state index < -0.39 is 5.97 Å². The summed E-state index contributed by atoms with van der Waals surface area (Å²) in [5.41, 5.74) is -0.0545. The van der Waals surface area contributed by atoms with E-state index in [1.54, 1.807) is 0 Å². The van der Waals surface area contributed by atoms with Gasteiger partial charge in [-0.3, -0.25) is 9.59 Å². The molecular weight excluding hydrogens is 206 g/mol. The first-order chi connectivity index (χ1) is 7.60. The van der Waals surface area contributed by atoms with Crippen LogP contribution in [-0.4, -0.2) is 23.5 Å². The minimum Gasteiger partial charge on any atom is -0.481 e. The lowest BCUT2D eigenvalue weighted by atomic mass is 10.0. The quantitative estimate of drug-likeness (QED) is 0.623. The van der Waals surface area contributed by atoms with Gasteiger partial charge in [0, 0.05) is 18.4 Å². The van der Waals surface area contributed by atoms with Crippen molar-refractivity contribution in [3.63, 3.8) is 0 Å². The summed E-state index contributed by atoms with van der Waals surface area (Å²) in [7, 11) is 0. The van der Waals surface area contributed by atoms with E-state index in [9.17, 15) is 9.59 Å². The third kappa shape index (κ3) is 3.83. The van der Waals surface area contributed by atoms with Crippen molar-refractivity contribution in [3.8, 4) is 0 Å². The average Bonchev–Trinajstić information content (AvgIpc) is 3.03. The summed E-state index contributed by atoms with van der Waals surface area (Å²) >= 11 is 0. The first-order valence-electron chi connectivity index (χ1n) is 6.11. The molecule has 0 saturated heterocycles. The van der Waals surface area contributed by atoms with Crippen molar-refractivity contribution in [2.45, 2.75) is 51.9 Å². The minimum absolute atomic E-state index is 0.0545. The van der Waals surface area contributed by atoms with Crippen molar-refractivity contribution >= 4 is 11.9 Å². The molecule has 1 aliphatic rings. The fourth-order valence-electron chi connectivity index (χ4n) is 1.86. The Balaban J connectivity index is 1.99. The van der Waals surface area contributed by atoms with Gasteiger partial charge >= 0.3 is 5.97 Å². The molecule has 1 saturated carbocycles. The number of hydrogen-bond acceptors (Lipinski definition) is 2. The Bertz CT molecular complexity index is 259. The van der Waals surface area contributed by atoms with Crippen LogP contribution in [0.3, 0.4) is 0 Å². The van der Waals surface area contributed by atoms with Gasteiger partial charge in [-0.25, -0.2) is 0 Å². The molecule has 1 aliphatic carbocycles. The molecule has 0 aromatic carbocycles. The maximum atomic E-state index is 11.7. The third-order valence-corrected chi connectivity index (χ3v) is 3.36. The number of rotatable bonds is 8. The zero-order valence-corrected chi connectivity index (χ0v) is 9.92. The molecule has 2 N–H and O–H groups in total. The highest BCUT2D eigenvalue weighted by molar-refractivity contribution is 5.85. The number of carboxylic acid groups (broad SMARTS) is 1. The second-order valence-electron chi connectivity index (χ2n) is 4.59. The molecule has 92 valence electrons. The molecule has 0 heterocycles. The molecule has 0 aromatic rings. The van der Waals surface area contributed by atoms with Crippen molar-refractivity contribution in [2.75, 3.05) is 6.54 Å². The van der Waals surface area contributed by atoms with Gasteiger partial charge in [-0.1, -0.05) is 13.3 Å². The molecular formula is C12H21NO3. The first-order valence-corrected chi connectivity index (χ1v) is 6.11. The number of amides is 1. The second kappa shape index (κ2) is 5.87. The molecule has 0 radical (unpaired) electrons. The largest absolute Gasteiger partial charge is 0.481 e. The van der Waals surface area contributed by atoms with Crippen molar-refractivity contribution < 1.29 is 14.7 Å². The number of hydrogen-bond donors (Lipinski definition) is 2. The Morgan fingerprint density at radius 3 is 2.44 bits per heavy atom. The maximum absolute atomic E-state index is 11.7. The maximum Gasteiger partial charge on any atom is 0.303 e. The summed E-state index contributed by atoms with van der Waals surface area (Å²) in [5.74, 6) is -0.555. The van der Waals surface area contributed by atoms with Crippen LogP contribution in [0, 0.1) is 5.41 Å². The summed E-state index contributed by atoms with van der Waals surface area (Å²) in [5, 5.41) is 11.4. The van der Waals surface area contributed by atoms with Crippen molar-refractivity contribution in [3.05, 3.63) is 0 Å². The zero-order valence-electron chi connectivity index (χ0n) is 9.92. The van der Waals surface area contributed by atoms with Crippen LogP contribution < -0.4 is 5.32 Å². The molecule has 0 bridgehead atoms. The Hall–Kier alpha value is -1.06. The first kappa shape index (κ1) is 13.0. The van der Waals surface area contributed by atoms with E-state index in [4.69, 9.17) is 5.11 Å². The summed E-state index contributed by atoms with van der Waals surface area (Å²) < 4.78 is 0. The lowest BCUT2D eigenvalue weighted by Crippen LogP contribution is -2.32. The summed E-state index contributed by atoms with van der Waals surface area (Å²) in [6.45, 7) is 2.74. The van der Waals surface area contributed by atoms with Gasteiger partial charge < -0.3 is 10.4 Å². The lowest BCUT2D eigenvalue weighted by Gasteiger charge is -2.12. The van der Waals surface area contributed by atoms with Crippen molar-refractivity contribution in [1.82, 2.24) is 5.32 Å². The Kier molecular flexibility index (Phi) is 4.77. The smallest absolute Gasteiger partial charge is 0.303 e. The fourth-order valence-corrected chi connectivity index (χ4v) is 1.86. The number of carbonyl (C=O) groups is 2. The van der Waals surface area contributed by atoms with Crippen LogP contribution in [-0.2, 0) is 9.59 Å². The molecule has 1 fully saturated rings. The number of unbranched alkanes of at least 4 members (excludes halogenated alkanes) is 2. The van der Waals surface area contributed by atoms with E-state index in [2.05, 4.69) is 12.2 Å². The second-order valence-corrected chi connectivity index (χ2v) is 4.59. The highest BCUT2D eigenvalue weighted by Gasteiger charge is 2.47. The average molecular weight is 227 g/mol. The number of carbonyl (C=O) groups excluding carboxylic acids is 1. The van der Waals surface area contributed by atoms with Gasteiger partial charge in [0.15, 0.2) is 0 Å². The van der Waals surface area contributed by atoms with Gasteiger partial charge in [-0.2, -0.15) is 0 Å². The molecule has 4 heteroatoms. The molecule has 0 aliphatic heterocycles. The van der Waals surface area contributed by atoms with E-state index >= 15 is 0 Å². The van der Waals surface area contributed by atoms with E-state index in [1.165, 1.54) is 0 Å². The lowest BCUT2D eigenvalue weighted by molar-refractivity contribution is -0.137. The zero-order chi connectivity index (χ0) is 12.0. The molecule has 1 rings (SSSR count). The van der Waals surface area contributed by atoms with Gasteiger partial charge in [-0.05, 0) is 32.1 Å². The SMILES string of the molecule is CCC1(C(=O)NCCCCCC(=O)O)CC1. The van der Waals surface area contributed by atoms with E-state index in [1.807, 2.05) is 0 Å². The van der Waals surface area contributed by atoms with Gasteiger partial charge in [0.1, 0.15) is 0 Å². The van der Waals surface area contributed by atoms with Crippen LogP contribution in [0.15, 0.2) is 0 Å². The standard InChI is InChI=1S/C12H21NO3/c1-2-12(7-8-12)11(16)13-9-5-3-4-6-10(14)15/h2-9H2,1H3,(H,13,16)(H,14,15). The third-order valence-electron chi connectivity index (χ3n) is 3.36. The highest BCUT2D eigenvalue weighted by atomic mass is 16.4. The Morgan fingerprint density at radius 2 is 1.94 bits per heavy atom. The van der Waals surface area contributed by atoms with Crippen molar-refractivity contribution in [1.29, 1.82) is 0 Å². The summed E-state index contributed by atoms with van der Waals surface area (Å²) in [6, 6.07) is 0. The molecule has 0 atom stereocenters. The van der Waals surface area contributed by atoms with E-state index in [0.717, 1.165) is 32.1 Å². The predicted octanol–water partition coefficient (Wildman–Crippen LogP) is 1.94. The van der Waals surface area contributed by atoms with Crippen LogP contribution >= 0.6 is 0 Å². The number of aliphatic carboxylic acids is 1. The van der Waals surface area contributed by atoms with Gasteiger partial charge in [0.05, 0.1) is 0 Å². The monoisotopic (exact) mass is 227 g/mol. The highest BCUT2D eigenvalue weighted by Crippen LogP contribution is 2.48.